The Morgan fingerprint density at radius 3 is 2.48 bits per heavy atom. The molecule has 0 bridgehead atoms. The number of carbonyl (C=O) groups is 1. The van der Waals surface area contributed by atoms with Crippen molar-refractivity contribution < 1.29 is 19.2 Å². The summed E-state index contributed by atoms with van der Waals surface area (Å²) in [7, 11) is 1.43. The van der Waals surface area contributed by atoms with Crippen molar-refractivity contribution >= 4 is 11.6 Å². The van der Waals surface area contributed by atoms with E-state index in [-0.39, 0.29) is 23.4 Å². The van der Waals surface area contributed by atoms with Gasteiger partial charge in [-0.05, 0) is 38.3 Å². The second kappa shape index (κ2) is 9.56. The van der Waals surface area contributed by atoms with Gasteiger partial charge in [-0.25, -0.2) is 0 Å². The van der Waals surface area contributed by atoms with Gasteiger partial charge in [0.05, 0.1) is 18.1 Å². The van der Waals surface area contributed by atoms with Crippen LogP contribution in [0.2, 0.25) is 0 Å². The highest BCUT2D eigenvalue weighted by molar-refractivity contribution is 5.81. The predicted octanol–water partition coefficient (Wildman–Crippen LogP) is 3.51. The summed E-state index contributed by atoms with van der Waals surface area (Å²) in [5, 5.41) is 13.8. The minimum Gasteiger partial charge on any atom is -0.493 e. The highest BCUT2D eigenvalue weighted by Gasteiger charge is 2.20. The third-order valence-corrected chi connectivity index (χ3v) is 4.13. The molecule has 0 spiro atoms. The summed E-state index contributed by atoms with van der Waals surface area (Å²) < 4.78 is 10.8. The van der Waals surface area contributed by atoms with E-state index in [1.807, 2.05) is 25.1 Å². The van der Waals surface area contributed by atoms with Gasteiger partial charge in [0.1, 0.15) is 0 Å². The number of nitrogens with one attached hydrogen (secondary N) is 1. The monoisotopic (exact) mass is 372 g/mol. The molecule has 0 saturated carbocycles. The summed E-state index contributed by atoms with van der Waals surface area (Å²) in [5.74, 6) is 0.202. The van der Waals surface area contributed by atoms with Crippen LogP contribution >= 0.6 is 0 Å². The van der Waals surface area contributed by atoms with Gasteiger partial charge in [0, 0.05) is 12.1 Å². The van der Waals surface area contributed by atoms with Crippen molar-refractivity contribution in [2.45, 2.75) is 38.8 Å². The molecule has 27 heavy (non-hydrogen) atoms. The predicted molar refractivity (Wildman–Crippen MR) is 102 cm³/mol. The SMILES string of the molecule is COc1ccc([N+](=O)[O-])cc1O[C@H](C)C(=O)N[C@H](C)CCc1ccccc1. The molecule has 1 N–H and O–H groups in total. The Hall–Kier alpha value is -3.09. The Balaban J connectivity index is 1.93. The molecule has 0 aliphatic rings. The average molecular weight is 372 g/mol. The number of non-ortho nitro benzene ring substituents is 1. The van der Waals surface area contributed by atoms with E-state index in [1.165, 1.54) is 30.9 Å². The van der Waals surface area contributed by atoms with E-state index in [0.29, 0.717) is 5.75 Å². The first-order valence-corrected chi connectivity index (χ1v) is 8.74. The summed E-state index contributed by atoms with van der Waals surface area (Å²) >= 11 is 0. The number of benzene rings is 2. The van der Waals surface area contributed by atoms with E-state index in [4.69, 9.17) is 9.47 Å². The van der Waals surface area contributed by atoms with Crippen molar-refractivity contribution in [3.05, 3.63) is 64.2 Å². The van der Waals surface area contributed by atoms with Crippen molar-refractivity contribution in [1.82, 2.24) is 5.32 Å². The lowest BCUT2D eigenvalue weighted by Crippen LogP contribution is -2.41. The van der Waals surface area contributed by atoms with Crippen LogP contribution in [0.5, 0.6) is 11.5 Å². The molecule has 0 unspecified atom stereocenters. The van der Waals surface area contributed by atoms with Gasteiger partial charge in [-0.3, -0.25) is 14.9 Å². The Morgan fingerprint density at radius 2 is 1.85 bits per heavy atom. The van der Waals surface area contributed by atoms with E-state index >= 15 is 0 Å². The zero-order chi connectivity index (χ0) is 19.8. The summed E-state index contributed by atoms with van der Waals surface area (Å²) in [6.45, 7) is 3.53. The minimum atomic E-state index is -0.819. The lowest BCUT2D eigenvalue weighted by Gasteiger charge is -2.19. The van der Waals surface area contributed by atoms with Crippen LogP contribution in [0.3, 0.4) is 0 Å². The number of nitro benzene ring substituents is 1. The molecular formula is C20H24N2O5. The molecule has 0 radical (unpaired) electrons. The van der Waals surface area contributed by atoms with Gasteiger partial charge in [0.15, 0.2) is 17.6 Å². The highest BCUT2D eigenvalue weighted by atomic mass is 16.6. The largest absolute Gasteiger partial charge is 0.493 e. The Kier molecular flexibility index (Phi) is 7.16. The van der Waals surface area contributed by atoms with E-state index in [9.17, 15) is 14.9 Å². The van der Waals surface area contributed by atoms with E-state index in [2.05, 4.69) is 17.4 Å². The molecule has 7 nitrogen and oxygen atoms in total. The van der Waals surface area contributed by atoms with Crippen molar-refractivity contribution in [1.29, 1.82) is 0 Å². The van der Waals surface area contributed by atoms with Crippen LogP contribution in [0.25, 0.3) is 0 Å². The van der Waals surface area contributed by atoms with Crippen molar-refractivity contribution in [2.24, 2.45) is 0 Å². The van der Waals surface area contributed by atoms with Crippen LogP contribution in [0.1, 0.15) is 25.8 Å². The number of methoxy groups -OCH3 is 1. The van der Waals surface area contributed by atoms with Crippen LogP contribution in [-0.2, 0) is 11.2 Å². The molecule has 2 atom stereocenters. The first kappa shape index (κ1) is 20.2. The van der Waals surface area contributed by atoms with Gasteiger partial charge in [-0.2, -0.15) is 0 Å². The molecule has 0 heterocycles. The number of nitrogens with zero attached hydrogens (tertiary/aromatic N) is 1. The first-order valence-electron chi connectivity index (χ1n) is 8.74. The van der Waals surface area contributed by atoms with Gasteiger partial charge in [-0.1, -0.05) is 30.3 Å². The van der Waals surface area contributed by atoms with E-state index < -0.39 is 11.0 Å². The zero-order valence-corrected chi connectivity index (χ0v) is 15.7. The number of amides is 1. The zero-order valence-electron chi connectivity index (χ0n) is 15.7. The third-order valence-electron chi connectivity index (χ3n) is 4.13. The molecule has 2 aromatic carbocycles. The fourth-order valence-electron chi connectivity index (χ4n) is 2.58. The smallest absolute Gasteiger partial charge is 0.273 e. The lowest BCUT2D eigenvalue weighted by molar-refractivity contribution is -0.385. The molecule has 0 aromatic heterocycles. The maximum Gasteiger partial charge on any atom is 0.273 e. The molecule has 2 aromatic rings. The van der Waals surface area contributed by atoms with E-state index in [0.717, 1.165) is 12.8 Å². The van der Waals surface area contributed by atoms with Gasteiger partial charge in [0.2, 0.25) is 0 Å². The molecule has 144 valence electrons. The van der Waals surface area contributed by atoms with Crippen molar-refractivity contribution in [3.63, 3.8) is 0 Å². The van der Waals surface area contributed by atoms with Crippen LogP contribution in [0.15, 0.2) is 48.5 Å². The van der Waals surface area contributed by atoms with Gasteiger partial charge in [0.25, 0.3) is 11.6 Å². The lowest BCUT2D eigenvalue weighted by atomic mass is 10.1. The van der Waals surface area contributed by atoms with Crippen molar-refractivity contribution in [3.8, 4) is 11.5 Å². The molecule has 1 amide bonds. The quantitative estimate of drug-likeness (QED) is 0.537. The fraction of sp³-hybridized carbons (Fsp3) is 0.350. The highest BCUT2D eigenvalue weighted by Crippen LogP contribution is 2.31. The van der Waals surface area contributed by atoms with E-state index in [1.54, 1.807) is 6.92 Å². The molecule has 0 aliphatic carbocycles. The molecule has 0 saturated heterocycles. The van der Waals surface area contributed by atoms with Gasteiger partial charge in [-0.15, -0.1) is 0 Å². The molecule has 0 fully saturated rings. The number of rotatable bonds is 9. The normalized spacial score (nSPS) is 12.7. The maximum absolute atomic E-state index is 12.4. The topological polar surface area (TPSA) is 90.7 Å². The Morgan fingerprint density at radius 1 is 1.15 bits per heavy atom. The number of ether oxygens (including phenoxy) is 2. The van der Waals surface area contributed by atoms with Crippen LogP contribution in [-0.4, -0.2) is 30.1 Å². The maximum atomic E-state index is 12.4. The minimum absolute atomic E-state index is 0.0317. The second-order valence-corrected chi connectivity index (χ2v) is 6.29. The Labute approximate surface area is 158 Å². The summed E-state index contributed by atoms with van der Waals surface area (Å²) in [6.07, 6.45) is 0.832. The number of hydrogen-bond acceptors (Lipinski definition) is 5. The number of aryl methyl sites for hydroxylation is 1. The summed E-state index contributed by atoms with van der Waals surface area (Å²) in [5.41, 5.74) is 1.08. The van der Waals surface area contributed by atoms with Crippen LogP contribution in [0.4, 0.5) is 5.69 Å². The van der Waals surface area contributed by atoms with Gasteiger partial charge < -0.3 is 14.8 Å². The van der Waals surface area contributed by atoms with Crippen molar-refractivity contribution in [2.75, 3.05) is 7.11 Å². The number of carbonyl (C=O) groups excluding carboxylic acids is 1. The van der Waals surface area contributed by atoms with Gasteiger partial charge >= 0.3 is 0 Å². The average Bonchev–Trinajstić information content (AvgIpc) is 2.67. The molecule has 0 aliphatic heterocycles. The number of nitro groups is 1. The summed E-state index contributed by atoms with van der Waals surface area (Å²) in [4.78, 5) is 22.8. The third kappa shape index (κ3) is 5.99. The molecule has 2 rings (SSSR count). The van der Waals surface area contributed by atoms with Crippen LogP contribution < -0.4 is 14.8 Å². The molecular weight excluding hydrogens is 348 g/mol. The number of hydrogen-bond donors (Lipinski definition) is 1. The second-order valence-electron chi connectivity index (χ2n) is 6.29. The first-order chi connectivity index (χ1) is 12.9. The Bertz CT molecular complexity index is 779. The summed E-state index contributed by atoms with van der Waals surface area (Å²) in [6, 6.07) is 14.0. The van der Waals surface area contributed by atoms with Crippen LogP contribution in [0, 0.1) is 10.1 Å². The fourth-order valence-corrected chi connectivity index (χ4v) is 2.58. The standard InChI is InChI=1S/C20H24N2O5/c1-14(9-10-16-7-5-4-6-8-16)21-20(23)15(2)27-19-13-17(22(24)25)11-12-18(19)26-3/h4-8,11-15H,9-10H2,1-3H3,(H,21,23)/t14-,15-/m1/s1. The molecule has 7 heteroatoms.